The smallest absolute Gasteiger partial charge is 0.300 e. The first-order chi connectivity index (χ1) is 12.4. The largest absolute Gasteiger partial charge is 0.543 e. The zero-order valence-electron chi connectivity index (χ0n) is 18.8. The molecule has 1 atom stereocenters. The topological polar surface area (TPSA) is 80.7 Å². The molecule has 162 valence electrons. The summed E-state index contributed by atoms with van der Waals surface area (Å²) in [6.07, 6.45) is 13.2. The lowest BCUT2D eigenvalue weighted by Crippen LogP contribution is -2.72. The van der Waals surface area contributed by atoms with Gasteiger partial charge in [-0.1, -0.05) is 64.7 Å². The van der Waals surface area contributed by atoms with Crippen molar-refractivity contribution in [1.29, 1.82) is 0 Å². The van der Waals surface area contributed by atoms with Gasteiger partial charge in [-0.15, -0.1) is 0 Å². The first-order valence-electron chi connectivity index (χ1n) is 10.3. The molecule has 6 nitrogen and oxygen atoms in total. The Morgan fingerprint density at radius 1 is 0.889 bits per heavy atom. The van der Waals surface area contributed by atoms with E-state index < -0.39 is 17.6 Å². The standard InChI is InChI=1S/C19H40N2O2.C2H4O2/c1-7-8-9-10-11-12-13-14-15-16-17-19(18(22)23,20(2)3)21(4,5)6;1-2(3)4/h7-17H2,1-6H3;1H3,(H,3,4). The fraction of sp³-hybridized carbons (Fsp3) is 0.905. The number of carbonyl (C=O) groups excluding carboxylic acids is 1. The SMILES string of the molecule is CC(=O)O.CCCCCCCCCCCCC(C(=O)[O-])(N(C)C)[N+](C)(C)C. The van der Waals surface area contributed by atoms with Crippen LogP contribution in [0.2, 0.25) is 0 Å². The molecule has 6 heteroatoms. The normalized spacial score (nSPS) is 13.6. The highest BCUT2D eigenvalue weighted by Crippen LogP contribution is 2.28. The summed E-state index contributed by atoms with van der Waals surface area (Å²) in [6.45, 7) is 3.33. The molecule has 0 saturated heterocycles. The van der Waals surface area contributed by atoms with E-state index in [1.165, 1.54) is 51.4 Å². The molecule has 27 heavy (non-hydrogen) atoms. The van der Waals surface area contributed by atoms with Crippen molar-refractivity contribution >= 4 is 11.9 Å². The molecule has 0 aliphatic rings. The maximum absolute atomic E-state index is 11.8. The number of carboxylic acids is 2. The monoisotopic (exact) mass is 388 g/mol. The van der Waals surface area contributed by atoms with Crippen LogP contribution in [0.4, 0.5) is 0 Å². The third-order valence-electron chi connectivity index (χ3n) is 5.06. The number of carboxylic acid groups (broad SMARTS) is 2. The lowest BCUT2D eigenvalue weighted by Gasteiger charge is -2.50. The van der Waals surface area contributed by atoms with Crippen LogP contribution in [0.5, 0.6) is 0 Å². The zero-order chi connectivity index (χ0) is 21.5. The summed E-state index contributed by atoms with van der Waals surface area (Å²) in [5.41, 5.74) is -0.944. The average molecular weight is 389 g/mol. The lowest BCUT2D eigenvalue weighted by molar-refractivity contribution is -0.929. The van der Waals surface area contributed by atoms with Gasteiger partial charge < -0.3 is 19.5 Å². The van der Waals surface area contributed by atoms with Crippen molar-refractivity contribution in [1.82, 2.24) is 4.90 Å². The lowest BCUT2D eigenvalue weighted by atomic mass is 9.96. The second kappa shape index (κ2) is 14.9. The summed E-state index contributed by atoms with van der Waals surface area (Å²) in [4.78, 5) is 22.6. The maximum atomic E-state index is 11.8. The predicted octanol–water partition coefficient (Wildman–Crippen LogP) is 3.10. The maximum Gasteiger partial charge on any atom is 0.300 e. The van der Waals surface area contributed by atoms with Crippen LogP contribution in [0.1, 0.15) is 84.5 Å². The molecule has 0 heterocycles. The van der Waals surface area contributed by atoms with Crippen LogP contribution < -0.4 is 5.11 Å². The summed E-state index contributed by atoms with van der Waals surface area (Å²) in [5.74, 6) is -1.80. The van der Waals surface area contributed by atoms with Crippen molar-refractivity contribution in [3.05, 3.63) is 0 Å². The number of aliphatic carboxylic acids is 2. The number of nitrogens with zero attached hydrogens (tertiary/aromatic N) is 2. The van der Waals surface area contributed by atoms with E-state index in [1.54, 1.807) is 0 Å². The van der Waals surface area contributed by atoms with Gasteiger partial charge in [0.2, 0.25) is 0 Å². The van der Waals surface area contributed by atoms with E-state index in [9.17, 15) is 9.90 Å². The van der Waals surface area contributed by atoms with Crippen LogP contribution in [0.3, 0.4) is 0 Å². The second-order valence-corrected chi connectivity index (χ2v) is 8.46. The molecule has 0 aliphatic carbocycles. The molecule has 0 amide bonds. The highest BCUT2D eigenvalue weighted by molar-refractivity contribution is 5.74. The molecule has 0 aromatic carbocycles. The van der Waals surface area contributed by atoms with Crippen molar-refractivity contribution in [3.63, 3.8) is 0 Å². The molecule has 0 fully saturated rings. The van der Waals surface area contributed by atoms with E-state index in [-0.39, 0.29) is 0 Å². The Morgan fingerprint density at radius 2 is 1.22 bits per heavy atom. The Bertz CT molecular complexity index is 401. The number of hydrogen-bond acceptors (Lipinski definition) is 4. The molecule has 1 N–H and O–H groups in total. The first kappa shape index (κ1) is 28.1. The van der Waals surface area contributed by atoms with E-state index in [4.69, 9.17) is 9.90 Å². The minimum Gasteiger partial charge on any atom is -0.543 e. The second-order valence-electron chi connectivity index (χ2n) is 8.46. The molecule has 0 spiro atoms. The van der Waals surface area contributed by atoms with Gasteiger partial charge in [0.15, 0.2) is 5.66 Å². The Morgan fingerprint density at radius 3 is 1.48 bits per heavy atom. The Hall–Kier alpha value is -1.14. The number of quaternary nitrogens is 1. The first-order valence-corrected chi connectivity index (χ1v) is 10.3. The Balaban J connectivity index is 0. The van der Waals surface area contributed by atoms with Gasteiger partial charge >= 0.3 is 0 Å². The molecule has 0 aliphatic heterocycles. The van der Waals surface area contributed by atoms with Gasteiger partial charge in [-0.25, -0.2) is 0 Å². The minimum absolute atomic E-state index is 0.361. The molecule has 0 saturated carbocycles. The number of carbonyl (C=O) groups is 2. The van der Waals surface area contributed by atoms with Crippen LogP contribution in [-0.4, -0.2) is 67.3 Å². The molecular formula is C21H44N2O4. The number of unbranched alkanes of at least 4 members (excludes halogenated alkanes) is 9. The highest BCUT2D eigenvalue weighted by atomic mass is 16.4. The Kier molecular flexibility index (Phi) is 15.5. The van der Waals surface area contributed by atoms with Gasteiger partial charge in [-0.2, -0.15) is 0 Å². The van der Waals surface area contributed by atoms with Crippen molar-refractivity contribution in [2.75, 3.05) is 35.2 Å². The molecule has 1 unspecified atom stereocenters. The number of hydrogen-bond donors (Lipinski definition) is 1. The molecule has 0 rings (SSSR count). The summed E-state index contributed by atoms with van der Waals surface area (Å²) in [6, 6.07) is 0. The van der Waals surface area contributed by atoms with Crippen molar-refractivity contribution < 1.29 is 24.3 Å². The van der Waals surface area contributed by atoms with E-state index in [0.29, 0.717) is 10.9 Å². The van der Waals surface area contributed by atoms with Crippen molar-refractivity contribution in [2.24, 2.45) is 0 Å². The van der Waals surface area contributed by atoms with Gasteiger partial charge in [0, 0.05) is 13.3 Å². The Labute approximate surface area is 167 Å². The molecule has 0 bridgehead atoms. The predicted molar refractivity (Wildman–Crippen MR) is 109 cm³/mol. The highest BCUT2D eigenvalue weighted by Gasteiger charge is 2.46. The number of likely N-dealkylation sites (N-methyl/N-ethyl adjacent to an activating group) is 2. The van der Waals surface area contributed by atoms with Gasteiger partial charge in [0.25, 0.3) is 5.97 Å². The van der Waals surface area contributed by atoms with E-state index >= 15 is 0 Å². The van der Waals surface area contributed by atoms with Gasteiger partial charge in [0.05, 0.1) is 21.1 Å². The number of rotatable bonds is 14. The third kappa shape index (κ3) is 12.0. The summed E-state index contributed by atoms with van der Waals surface area (Å²) in [7, 11) is 9.50. The van der Waals surface area contributed by atoms with Crippen molar-refractivity contribution in [3.8, 4) is 0 Å². The summed E-state index contributed by atoms with van der Waals surface area (Å²) < 4.78 is 0.361. The van der Waals surface area contributed by atoms with Gasteiger partial charge in [0.1, 0.15) is 5.97 Å². The molecular weight excluding hydrogens is 344 g/mol. The van der Waals surface area contributed by atoms with Gasteiger partial charge in [-0.05, 0) is 20.5 Å². The van der Waals surface area contributed by atoms with Crippen LogP contribution >= 0.6 is 0 Å². The zero-order valence-corrected chi connectivity index (χ0v) is 18.8. The molecule has 0 aromatic heterocycles. The van der Waals surface area contributed by atoms with E-state index in [1.807, 2.05) is 40.1 Å². The molecule has 0 radical (unpaired) electrons. The van der Waals surface area contributed by atoms with Crippen LogP contribution in [-0.2, 0) is 9.59 Å². The van der Waals surface area contributed by atoms with Crippen molar-refractivity contribution in [2.45, 2.75) is 90.1 Å². The fourth-order valence-corrected chi connectivity index (χ4v) is 3.58. The summed E-state index contributed by atoms with van der Waals surface area (Å²) >= 11 is 0. The average Bonchev–Trinajstić information content (AvgIpc) is 2.50. The minimum atomic E-state index is -0.967. The quantitative estimate of drug-likeness (QED) is 0.281. The van der Waals surface area contributed by atoms with Crippen LogP contribution in [0, 0.1) is 0 Å². The van der Waals surface area contributed by atoms with E-state index in [0.717, 1.165) is 19.8 Å². The molecule has 0 aromatic rings. The summed E-state index contributed by atoms with van der Waals surface area (Å²) in [5, 5.41) is 19.2. The van der Waals surface area contributed by atoms with E-state index in [2.05, 4.69) is 6.92 Å². The fourth-order valence-electron chi connectivity index (χ4n) is 3.58. The van der Waals surface area contributed by atoms with Crippen LogP contribution in [0.25, 0.3) is 0 Å². The van der Waals surface area contributed by atoms with Gasteiger partial charge in [-0.3, -0.25) is 9.69 Å². The third-order valence-corrected chi connectivity index (χ3v) is 5.06. The van der Waals surface area contributed by atoms with Crippen LogP contribution in [0.15, 0.2) is 0 Å².